The van der Waals surface area contributed by atoms with Crippen molar-refractivity contribution in [3.05, 3.63) is 71.8 Å². The van der Waals surface area contributed by atoms with E-state index in [-0.39, 0.29) is 71.7 Å². The molecule has 0 saturated carbocycles. The first-order valence-electron chi connectivity index (χ1n) is 13.0. The van der Waals surface area contributed by atoms with Crippen LogP contribution in [0.2, 0.25) is 0 Å². The number of rotatable bonds is 16. The fourth-order valence-corrected chi connectivity index (χ4v) is 3.62. The zero-order valence-electron chi connectivity index (χ0n) is 24.3. The Bertz CT molecular complexity index is 1290. The van der Waals surface area contributed by atoms with Crippen molar-refractivity contribution in [3.63, 3.8) is 0 Å². The molecule has 0 saturated heterocycles. The summed E-state index contributed by atoms with van der Waals surface area (Å²) in [7, 11) is -8.68. The maximum absolute atomic E-state index is 11.4. The summed E-state index contributed by atoms with van der Waals surface area (Å²) in [6.45, 7) is -0.153. The van der Waals surface area contributed by atoms with Crippen LogP contribution in [0.5, 0.6) is 0 Å². The van der Waals surface area contributed by atoms with Crippen LogP contribution in [-0.2, 0) is 72.0 Å². The van der Waals surface area contributed by atoms with Gasteiger partial charge in [-0.25, -0.2) is 26.4 Å². The predicted octanol–water partition coefficient (Wildman–Crippen LogP) is -0.0739. The molecule has 0 aliphatic heterocycles. The summed E-state index contributed by atoms with van der Waals surface area (Å²) in [5, 5.41) is 9.30. The number of carbonyl (C=O) groups excluding carboxylic acids is 4. The SMILES string of the molecule is O=C(CCNC(=O)OCc1ccccc1)NCCS(=O)(=O)[O-].O=C(CCNC(=O)OCc1ccccc1)NCCS(=O)(=O)[O-].[Zn+2]. The standard InChI is InChI=1S/2C13H18N2O6S.Zn/c2*16-12(14-8-9-22(18,19)20)6-7-15-13(17)21-10-11-4-2-1-3-5-11;/h2*1-5H,6-10H2,(H,14,16)(H,15,17)(H,18,19,20);/q;;+2/p-2. The Hall–Kier alpha value is -3.64. The van der Waals surface area contributed by atoms with Crippen LogP contribution < -0.4 is 21.3 Å². The van der Waals surface area contributed by atoms with Gasteiger partial charge in [-0.1, -0.05) is 60.7 Å². The van der Waals surface area contributed by atoms with Crippen molar-refractivity contribution in [2.24, 2.45) is 0 Å². The molecule has 0 atom stereocenters. The van der Waals surface area contributed by atoms with E-state index in [1.165, 1.54) is 0 Å². The molecule has 0 spiro atoms. The van der Waals surface area contributed by atoms with E-state index in [4.69, 9.17) is 9.47 Å². The van der Waals surface area contributed by atoms with Crippen molar-refractivity contribution < 1.29 is 74.1 Å². The van der Waals surface area contributed by atoms with Crippen molar-refractivity contribution >= 4 is 44.2 Å². The summed E-state index contributed by atoms with van der Waals surface area (Å²) in [6, 6.07) is 18.2. The number of carbonyl (C=O) groups is 4. The molecule has 4 amide bonds. The molecule has 16 nitrogen and oxygen atoms in total. The Labute approximate surface area is 274 Å². The van der Waals surface area contributed by atoms with Crippen molar-refractivity contribution in [3.8, 4) is 0 Å². The summed E-state index contributed by atoms with van der Waals surface area (Å²) in [6.07, 6.45) is -1.39. The first-order chi connectivity index (χ1) is 20.7. The van der Waals surface area contributed by atoms with Gasteiger partial charge in [0.15, 0.2) is 0 Å². The number of hydrogen-bond acceptors (Lipinski definition) is 12. The van der Waals surface area contributed by atoms with E-state index in [1.807, 2.05) is 60.7 Å². The Balaban J connectivity index is 0.000000842. The number of nitrogens with one attached hydrogen (secondary N) is 4. The minimum absolute atomic E-state index is 0. The molecule has 0 heterocycles. The number of hydrogen-bond donors (Lipinski definition) is 4. The second kappa shape index (κ2) is 22.8. The van der Waals surface area contributed by atoms with Gasteiger partial charge in [0.05, 0.1) is 31.7 Å². The van der Waals surface area contributed by atoms with Crippen LogP contribution in [0.25, 0.3) is 0 Å². The number of amides is 4. The minimum atomic E-state index is -4.34. The van der Waals surface area contributed by atoms with Crippen molar-refractivity contribution in [2.45, 2.75) is 26.1 Å². The maximum Gasteiger partial charge on any atom is 2.00 e. The van der Waals surface area contributed by atoms with E-state index in [9.17, 15) is 45.1 Å². The van der Waals surface area contributed by atoms with Crippen LogP contribution in [0.1, 0.15) is 24.0 Å². The molecule has 244 valence electrons. The largest absolute Gasteiger partial charge is 2.00 e. The van der Waals surface area contributed by atoms with Crippen LogP contribution in [-0.4, -0.2) is 87.6 Å². The quantitative estimate of drug-likeness (QED) is 0.131. The van der Waals surface area contributed by atoms with Gasteiger partial charge < -0.3 is 39.8 Å². The van der Waals surface area contributed by atoms with E-state index < -0.39 is 55.7 Å². The number of ether oxygens (including phenoxy) is 2. The topological polar surface area (TPSA) is 249 Å². The van der Waals surface area contributed by atoms with Crippen LogP contribution in [0.3, 0.4) is 0 Å². The molecule has 0 aliphatic rings. The second-order valence-corrected chi connectivity index (χ2v) is 11.7. The first kappa shape index (κ1) is 41.4. The average Bonchev–Trinajstić information content (AvgIpc) is 2.95. The first-order valence-corrected chi connectivity index (χ1v) is 16.2. The second-order valence-electron chi connectivity index (χ2n) is 8.70. The van der Waals surface area contributed by atoms with Gasteiger partial charge in [0.25, 0.3) is 0 Å². The van der Waals surface area contributed by atoms with Gasteiger partial charge >= 0.3 is 31.7 Å². The van der Waals surface area contributed by atoms with Gasteiger partial charge in [-0.15, -0.1) is 0 Å². The molecule has 0 aromatic heterocycles. The van der Waals surface area contributed by atoms with Crippen molar-refractivity contribution in [2.75, 3.05) is 37.7 Å². The minimum Gasteiger partial charge on any atom is -0.748 e. The molecule has 2 aromatic rings. The predicted molar refractivity (Wildman–Crippen MR) is 154 cm³/mol. The summed E-state index contributed by atoms with van der Waals surface area (Å²) in [5.41, 5.74) is 1.68. The van der Waals surface area contributed by atoms with Gasteiger partial charge in [0, 0.05) is 39.0 Å². The molecule has 19 heteroatoms. The fraction of sp³-hybridized carbons (Fsp3) is 0.385. The summed E-state index contributed by atoms with van der Waals surface area (Å²) < 4.78 is 71.8. The molecule has 4 N–H and O–H groups in total. The molecular weight excluding hydrogens is 690 g/mol. The molecule has 0 bridgehead atoms. The zero-order chi connectivity index (χ0) is 32.8. The third kappa shape index (κ3) is 25.4. The molecule has 0 aliphatic carbocycles. The van der Waals surface area contributed by atoms with E-state index >= 15 is 0 Å². The van der Waals surface area contributed by atoms with Crippen LogP contribution in [0.4, 0.5) is 9.59 Å². The average molecular weight is 724 g/mol. The summed E-state index contributed by atoms with van der Waals surface area (Å²) in [4.78, 5) is 45.3. The van der Waals surface area contributed by atoms with Gasteiger partial charge in [-0.2, -0.15) is 0 Å². The fourth-order valence-electron chi connectivity index (χ4n) is 2.91. The van der Waals surface area contributed by atoms with E-state index in [0.29, 0.717) is 0 Å². The molecule has 0 radical (unpaired) electrons. The van der Waals surface area contributed by atoms with Gasteiger partial charge in [-0.05, 0) is 11.1 Å². The number of benzene rings is 2. The normalized spacial score (nSPS) is 10.5. The van der Waals surface area contributed by atoms with Crippen molar-refractivity contribution in [1.82, 2.24) is 21.3 Å². The van der Waals surface area contributed by atoms with Gasteiger partial charge in [0.1, 0.15) is 13.2 Å². The van der Waals surface area contributed by atoms with Gasteiger partial charge in [0.2, 0.25) is 11.8 Å². The van der Waals surface area contributed by atoms with E-state index in [0.717, 1.165) is 11.1 Å². The van der Waals surface area contributed by atoms with Gasteiger partial charge in [-0.3, -0.25) is 9.59 Å². The Morgan fingerprint density at radius 3 is 1.20 bits per heavy atom. The summed E-state index contributed by atoms with van der Waals surface area (Å²) >= 11 is 0. The zero-order valence-corrected chi connectivity index (χ0v) is 28.9. The van der Waals surface area contributed by atoms with Crippen LogP contribution >= 0.6 is 0 Å². The molecule has 0 fully saturated rings. The Kier molecular flexibility index (Phi) is 21.0. The molecule has 45 heavy (non-hydrogen) atoms. The van der Waals surface area contributed by atoms with Crippen molar-refractivity contribution in [1.29, 1.82) is 0 Å². The summed E-state index contributed by atoms with van der Waals surface area (Å²) in [5.74, 6) is -2.25. The smallest absolute Gasteiger partial charge is 0.748 e. The third-order valence-electron chi connectivity index (χ3n) is 5.02. The van der Waals surface area contributed by atoms with Crippen LogP contribution in [0.15, 0.2) is 60.7 Å². The number of alkyl carbamates (subject to hydrolysis) is 2. The van der Waals surface area contributed by atoms with E-state index in [1.54, 1.807) is 0 Å². The van der Waals surface area contributed by atoms with E-state index in [2.05, 4.69) is 21.3 Å². The Morgan fingerprint density at radius 2 is 0.889 bits per heavy atom. The third-order valence-corrected chi connectivity index (χ3v) is 6.43. The monoisotopic (exact) mass is 722 g/mol. The molecule has 2 rings (SSSR count). The molecule has 2 aromatic carbocycles. The Morgan fingerprint density at radius 1 is 0.556 bits per heavy atom. The maximum atomic E-state index is 11.4. The van der Waals surface area contributed by atoms with Crippen LogP contribution in [0, 0.1) is 0 Å². The molecular formula is C26H34N4O12S2Zn. The molecule has 0 unspecified atom stereocenters.